The van der Waals surface area contributed by atoms with Crippen LogP contribution in [0.5, 0.6) is 0 Å². The van der Waals surface area contributed by atoms with Gasteiger partial charge in [0.15, 0.2) is 0 Å². The molecule has 0 unspecified atom stereocenters. The lowest BCUT2D eigenvalue weighted by molar-refractivity contribution is 0.0860. The highest BCUT2D eigenvalue weighted by molar-refractivity contribution is 7.48. The quantitative estimate of drug-likeness (QED) is 0.224. The molecule has 3 aromatic carbocycles. The van der Waals surface area contributed by atoms with Gasteiger partial charge in [0.1, 0.15) is 0 Å². The van der Waals surface area contributed by atoms with E-state index in [-0.39, 0.29) is 33.8 Å². The molecular weight excluding hydrogens is 473 g/mol. The molecule has 0 fully saturated rings. The minimum atomic E-state index is -4.80. The fourth-order valence-corrected chi connectivity index (χ4v) is 3.67. The number of anilines is 3. The Hall–Kier alpha value is -4.48. The topological polar surface area (TPSA) is 204 Å². The van der Waals surface area contributed by atoms with Gasteiger partial charge in [-0.05, 0) is 54.6 Å². The molecule has 6 N–H and O–H groups in total. The molecule has 14 heteroatoms. The van der Waals surface area contributed by atoms with E-state index in [0.717, 1.165) is 0 Å². The predicted molar refractivity (Wildman–Crippen MR) is 124 cm³/mol. The maximum Gasteiger partial charge on any atom is 0.543 e. The maximum absolute atomic E-state index is 13.6. The first kappa shape index (κ1) is 25.1. The fourth-order valence-electron chi connectivity index (χ4n) is 2.65. The average molecular weight is 491 g/mol. The summed E-state index contributed by atoms with van der Waals surface area (Å²) in [5, 5.41) is 29.0. The molecule has 0 heterocycles. The predicted octanol–water partition coefficient (Wildman–Crippen LogP) is 2.65. The number of hydrazine groups is 3. The van der Waals surface area contributed by atoms with Crippen LogP contribution in [0.1, 0.15) is 16.7 Å². The van der Waals surface area contributed by atoms with Crippen LogP contribution in [0.3, 0.4) is 0 Å². The van der Waals surface area contributed by atoms with Crippen molar-refractivity contribution in [2.45, 2.75) is 0 Å². The third-order valence-electron chi connectivity index (χ3n) is 4.25. The lowest BCUT2D eigenvalue weighted by Gasteiger charge is -2.29. The van der Waals surface area contributed by atoms with Crippen molar-refractivity contribution in [2.24, 2.45) is 17.5 Å². The van der Waals surface area contributed by atoms with Gasteiger partial charge in [0.25, 0.3) is 0 Å². The molecule has 0 spiro atoms. The number of benzene rings is 3. The smallest absolute Gasteiger partial charge is 0.222 e. The van der Waals surface area contributed by atoms with Gasteiger partial charge >= 0.3 is 7.82 Å². The zero-order valence-electron chi connectivity index (χ0n) is 17.9. The number of hydrogen-bond acceptors (Lipinski definition) is 13. The molecule has 3 aromatic rings. The average Bonchev–Trinajstić information content (AvgIpc) is 2.88. The van der Waals surface area contributed by atoms with Crippen molar-refractivity contribution in [3.63, 3.8) is 0 Å². The molecule has 13 nitrogen and oxygen atoms in total. The second kappa shape index (κ2) is 11.1. The number of nitrogens with two attached hydrogens (primary N) is 3. The van der Waals surface area contributed by atoms with E-state index in [1.54, 1.807) is 0 Å². The van der Waals surface area contributed by atoms with Crippen LogP contribution in [0.15, 0.2) is 72.8 Å². The summed E-state index contributed by atoms with van der Waals surface area (Å²) in [4.78, 5) is 0. The lowest BCUT2D eigenvalue weighted by atomic mass is 10.2. The Bertz CT molecular complexity index is 1220. The zero-order chi connectivity index (χ0) is 25.4. The highest BCUT2D eigenvalue weighted by atomic mass is 31.2. The van der Waals surface area contributed by atoms with Gasteiger partial charge in [-0.2, -0.15) is 31.3 Å². The van der Waals surface area contributed by atoms with Gasteiger partial charge in [0.05, 0.1) is 52.0 Å². The largest absolute Gasteiger partial charge is 0.543 e. The van der Waals surface area contributed by atoms with Crippen molar-refractivity contribution in [2.75, 3.05) is 15.5 Å². The summed E-state index contributed by atoms with van der Waals surface area (Å²) in [5.41, 5.74) is 1.13. The summed E-state index contributed by atoms with van der Waals surface area (Å²) in [7, 11) is -4.80. The molecule has 0 radical (unpaired) electrons. The Balaban J connectivity index is 1.91. The third-order valence-corrected chi connectivity index (χ3v) is 5.38. The molecule has 35 heavy (non-hydrogen) atoms. The van der Waals surface area contributed by atoms with E-state index < -0.39 is 7.82 Å². The molecule has 0 atom stereocenters. The zero-order valence-corrected chi connectivity index (χ0v) is 18.8. The van der Waals surface area contributed by atoms with E-state index in [1.807, 2.05) is 18.2 Å². The van der Waals surface area contributed by atoms with Gasteiger partial charge in [0, 0.05) is 0 Å². The summed E-state index contributed by atoms with van der Waals surface area (Å²) >= 11 is 0. The molecule has 0 aliphatic carbocycles. The molecule has 0 saturated carbocycles. The first-order chi connectivity index (χ1) is 16.8. The van der Waals surface area contributed by atoms with Gasteiger partial charge in [-0.3, -0.25) is 0 Å². The van der Waals surface area contributed by atoms with E-state index in [2.05, 4.69) is 0 Å². The maximum atomic E-state index is 13.6. The number of hydrogen-bond donors (Lipinski definition) is 3. The Labute approximate surface area is 200 Å². The van der Waals surface area contributed by atoms with Crippen molar-refractivity contribution in [1.29, 1.82) is 15.8 Å². The van der Waals surface area contributed by atoms with Crippen LogP contribution in [0, 0.1) is 34.0 Å². The van der Waals surface area contributed by atoms with Crippen LogP contribution < -0.4 is 33.0 Å². The molecule has 0 amide bonds. The van der Waals surface area contributed by atoms with Gasteiger partial charge in [-0.1, -0.05) is 18.2 Å². The first-order valence-electron chi connectivity index (χ1n) is 9.61. The Morgan fingerprint density at radius 3 is 1.14 bits per heavy atom. The SMILES string of the molecule is N#Cc1cccc(N(N)OP(=O)(ON(N)c2cccc(C#N)c2)ON(N)c2cccc(C#N)c2)c1. The van der Waals surface area contributed by atoms with Crippen LogP contribution in [-0.2, 0) is 18.4 Å². The summed E-state index contributed by atoms with van der Waals surface area (Å²) in [6, 6.07) is 23.4. The van der Waals surface area contributed by atoms with E-state index >= 15 is 0 Å². The first-order valence-corrected chi connectivity index (χ1v) is 11.1. The molecule has 176 valence electrons. The van der Waals surface area contributed by atoms with Gasteiger partial charge < -0.3 is 0 Å². The Morgan fingerprint density at radius 1 is 0.600 bits per heavy atom. The Kier molecular flexibility index (Phi) is 7.97. The molecule has 0 bridgehead atoms. The van der Waals surface area contributed by atoms with Crippen molar-refractivity contribution in [3.8, 4) is 18.2 Å². The van der Waals surface area contributed by atoms with Crippen LogP contribution in [0.4, 0.5) is 17.1 Å². The lowest BCUT2D eigenvalue weighted by Crippen LogP contribution is -2.38. The van der Waals surface area contributed by atoms with Crippen molar-refractivity contribution in [3.05, 3.63) is 89.5 Å². The third kappa shape index (κ3) is 6.53. The van der Waals surface area contributed by atoms with Gasteiger partial charge in [-0.25, -0.2) is 22.1 Å². The molecule has 0 aliphatic rings. The minimum absolute atomic E-state index is 0.126. The number of rotatable bonds is 9. The van der Waals surface area contributed by atoms with E-state index in [1.165, 1.54) is 72.8 Å². The van der Waals surface area contributed by atoms with Crippen molar-refractivity contribution < 1.29 is 18.4 Å². The van der Waals surface area contributed by atoms with Crippen LogP contribution in [0.25, 0.3) is 0 Å². The summed E-state index contributed by atoms with van der Waals surface area (Å²) in [5.74, 6) is 17.7. The number of nitrogens with zero attached hydrogens (tertiary/aromatic N) is 6. The second-order valence-electron chi connectivity index (χ2n) is 6.66. The van der Waals surface area contributed by atoms with Crippen molar-refractivity contribution >= 4 is 24.9 Å². The Morgan fingerprint density at radius 2 is 0.886 bits per heavy atom. The highest BCUT2D eigenvalue weighted by Gasteiger charge is 2.37. The fraction of sp³-hybridized carbons (Fsp3) is 0. The molecule has 0 aromatic heterocycles. The molecular formula is C21H18N9O4P. The molecule has 3 rings (SSSR count). The monoisotopic (exact) mass is 491 g/mol. The minimum Gasteiger partial charge on any atom is -0.222 e. The van der Waals surface area contributed by atoms with Crippen LogP contribution in [-0.4, -0.2) is 0 Å². The second-order valence-corrected chi connectivity index (χ2v) is 8.04. The van der Waals surface area contributed by atoms with Gasteiger partial charge in [0.2, 0.25) is 0 Å². The van der Waals surface area contributed by atoms with Crippen LogP contribution >= 0.6 is 7.82 Å². The number of nitriles is 3. The summed E-state index contributed by atoms with van der Waals surface area (Å²) < 4.78 is 29.4. The summed E-state index contributed by atoms with van der Waals surface area (Å²) in [6.45, 7) is 0. The number of phosphoric acid groups is 1. The standard InChI is InChI=1S/C21H18N9O4P/c22-13-16-4-1-7-19(10-16)28(25)32-35(31,33-29(26)20-8-2-5-17(11-20)14-23)34-30(27)21-9-3-6-18(12-21)15-24/h1-12H,25-27H2. The highest BCUT2D eigenvalue weighted by Crippen LogP contribution is 2.52. The normalized spacial score (nSPS) is 10.5. The van der Waals surface area contributed by atoms with E-state index in [4.69, 9.17) is 47.2 Å². The molecule has 0 saturated heterocycles. The van der Waals surface area contributed by atoms with E-state index in [0.29, 0.717) is 15.5 Å². The van der Waals surface area contributed by atoms with E-state index in [9.17, 15) is 4.57 Å². The molecule has 0 aliphatic heterocycles. The van der Waals surface area contributed by atoms with Gasteiger partial charge in [-0.15, -0.1) is 13.9 Å². The van der Waals surface area contributed by atoms with Crippen molar-refractivity contribution in [1.82, 2.24) is 0 Å². The summed E-state index contributed by atoms with van der Waals surface area (Å²) in [6.07, 6.45) is 0. The van der Waals surface area contributed by atoms with Crippen LogP contribution in [0.2, 0.25) is 0 Å².